The van der Waals surface area contributed by atoms with Crippen LogP contribution in [0.1, 0.15) is 21.6 Å². The monoisotopic (exact) mass is 449 g/mol. The second-order valence-corrected chi connectivity index (χ2v) is 8.27. The number of pyridine rings is 1. The van der Waals surface area contributed by atoms with Gasteiger partial charge >= 0.3 is 0 Å². The molecule has 0 spiro atoms. The van der Waals surface area contributed by atoms with E-state index < -0.39 is 22.9 Å². The number of rotatable bonds is 3. The van der Waals surface area contributed by atoms with Gasteiger partial charge in [-0.3, -0.25) is 4.79 Å². The van der Waals surface area contributed by atoms with Crippen LogP contribution in [0.4, 0.5) is 14.5 Å². The lowest BCUT2D eigenvalue weighted by atomic mass is 9.79. The Labute approximate surface area is 179 Å². The molecule has 3 heterocycles. The topological polar surface area (TPSA) is 113 Å². The lowest BCUT2D eigenvalue weighted by Crippen LogP contribution is -2.52. The maximum Gasteiger partial charge on any atom is 0.275 e. The number of nitriles is 1. The first-order valence-corrected chi connectivity index (χ1v) is 10.1. The third kappa shape index (κ3) is 3.29. The van der Waals surface area contributed by atoms with Gasteiger partial charge in [-0.1, -0.05) is 23.4 Å². The van der Waals surface area contributed by atoms with Gasteiger partial charge in [0.15, 0.2) is 16.4 Å². The molecule has 0 saturated carbocycles. The van der Waals surface area contributed by atoms with Crippen molar-refractivity contribution < 1.29 is 18.3 Å². The molecule has 154 valence electrons. The predicted octanol–water partition coefficient (Wildman–Crippen LogP) is 2.99. The molecule has 1 fully saturated rings. The van der Waals surface area contributed by atoms with Crippen molar-refractivity contribution in [3.63, 3.8) is 0 Å². The van der Waals surface area contributed by atoms with Crippen LogP contribution in [-0.2, 0) is 10.3 Å². The molecular weight excluding hydrogens is 436 g/mol. The van der Waals surface area contributed by atoms with Gasteiger partial charge in [0.1, 0.15) is 17.6 Å². The third-order valence-electron chi connectivity index (χ3n) is 4.99. The Morgan fingerprint density at radius 1 is 1.40 bits per heavy atom. The van der Waals surface area contributed by atoms with E-state index in [1.807, 2.05) is 6.07 Å². The van der Waals surface area contributed by atoms with E-state index in [0.29, 0.717) is 0 Å². The molecular formula is C19H14ClF2N5O2S. The number of amidine groups is 1. The maximum atomic E-state index is 15.6. The van der Waals surface area contributed by atoms with Gasteiger partial charge in [0.25, 0.3) is 5.91 Å². The molecule has 1 amide bonds. The minimum atomic E-state index is -1.94. The van der Waals surface area contributed by atoms with Gasteiger partial charge in [-0.25, -0.2) is 18.8 Å². The predicted molar refractivity (Wildman–Crippen MR) is 109 cm³/mol. The molecule has 2 aromatic rings. The lowest BCUT2D eigenvalue weighted by molar-refractivity contribution is 0.102. The minimum Gasteiger partial charge on any atom is -0.379 e. The molecule has 3 N–H and O–H groups in total. The van der Waals surface area contributed by atoms with Crippen LogP contribution in [0.5, 0.6) is 0 Å². The number of aromatic nitrogens is 1. The van der Waals surface area contributed by atoms with E-state index in [2.05, 4.69) is 15.3 Å². The number of amides is 1. The molecule has 0 radical (unpaired) electrons. The standard InChI is InChI=1S/C19H14ClF2N5O2S/c20-13-3-10(5-23)6-25-15(13)16(28)26-11-1-2-14(21)12(4-11)19-8-29-7-18(19,22)9-30-17(24)27-19/h1-4,6H,7-9H2,(H2,24,27)(H,26,28)/t18-,19-/m1/s1. The average Bonchev–Trinajstić information content (AvgIpc) is 3.06. The van der Waals surface area contributed by atoms with Crippen molar-refractivity contribution in [3.05, 3.63) is 58.1 Å². The number of anilines is 1. The Kier molecular flexibility index (Phi) is 5.13. The van der Waals surface area contributed by atoms with Gasteiger partial charge in [0, 0.05) is 23.2 Å². The maximum absolute atomic E-state index is 15.6. The number of nitrogens with two attached hydrogens (primary N) is 1. The third-order valence-corrected chi connectivity index (χ3v) is 6.27. The van der Waals surface area contributed by atoms with Crippen LogP contribution < -0.4 is 11.1 Å². The second kappa shape index (κ2) is 7.50. The number of thioether (sulfide) groups is 1. The summed E-state index contributed by atoms with van der Waals surface area (Å²) in [5.41, 5.74) is 2.44. The van der Waals surface area contributed by atoms with Gasteiger partial charge in [-0.15, -0.1) is 0 Å². The van der Waals surface area contributed by atoms with Crippen molar-refractivity contribution in [2.75, 3.05) is 24.3 Å². The zero-order valence-electron chi connectivity index (χ0n) is 15.3. The Bertz CT molecular complexity index is 1120. The second-order valence-electron chi connectivity index (χ2n) is 6.87. The number of nitrogens with one attached hydrogen (secondary N) is 1. The molecule has 1 saturated heterocycles. The lowest BCUT2D eigenvalue weighted by Gasteiger charge is -2.38. The highest BCUT2D eigenvalue weighted by Gasteiger charge is 2.61. The summed E-state index contributed by atoms with van der Waals surface area (Å²) >= 11 is 7.06. The summed E-state index contributed by atoms with van der Waals surface area (Å²) in [6.45, 7) is -0.417. The molecule has 0 aliphatic carbocycles. The molecule has 0 unspecified atom stereocenters. The molecule has 7 nitrogen and oxygen atoms in total. The zero-order chi connectivity index (χ0) is 21.5. The number of hydrogen-bond acceptors (Lipinski definition) is 7. The van der Waals surface area contributed by atoms with Gasteiger partial charge in [0.2, 0.25) is 0 Å². The number of nitrogens with zero attached hydrogens (tertiary/aromatic N) is 3. The van der Waals surface area contributed by atoms with Crippen LogP contribution in [0.15, 0.2) is 35.5 Å². The molecule has 2 aliphatic rings. The van der Waals surface area contributed by atoms with Crippen molar-refractivity contribution in [2.24, 2.45) is 10.7 Å². The van der Waals surface area contributed by atoms with Crippen molar-refractivity contribution in [3.8, 4) is 6.07 Å². The Hall–Kier alpha value is -2.74. The molecule has 2 atom stereocenters. The van der Waals surface area contributed by atoms with Gasteiger partial charge in [-0.05, 0) is 24.3 Å². The number of ether oxygens (including phenoxy) is 1. The first-order chi connectivity index (χ1) is 14.3. The first-order valence-electron chi connectivity index (χ1n) is 8.70. The van der Waals surface area contributed by atoms with Gasteiger partial charge < -0.3 is 15.8 Å². The summed E-state index contributed by atoms with van der Waals surface area (Å²) in [7, 11) is 0. The fourth-order valence-corrected chi connectivity index (χ4v) is 4.64. The average molecular weight is 450 g/mol. The summed E-state index contributed by atoms with van der Waals surface area (Å²) in [6.07, 6.45) is 1.21. The highest BCUT2D eigenvalue weighted by Crippen LogP contribution is 2.50. The van der Waals surface area contributed by atoms with Crippen LogP contribution in [0.3, 0.4) is 0 Å². The number of carbonyl (C=O) groups excluding carboxylic acids is 1. The number of benzene rings is 1. The summed E-state index contributed by atoms with van der Waals surface area (Å²) < 4.78 is 35.7. The molecule has 11 heteroatoms. The van der Waals surface area contributed by atoms with Crippen LogP contribution in [0, 0.1) is 17.1 Å². The van der Waals surface area contributed by atoms with E-state index >= 15 is 4.39 Å². The molecule has 2 aliphatic heterocycles. The van der Waals surface area contributed by atoms with Crippen molar-refractivity contribution in [1.29, 1.82) is 5.26 Å². The number of fused-ring (bicyclic) bond motifs is 1. The van der Waals surface area contributed by atoms with Crippen molar-refractivity contribution in [2.45, 2.75) is 11.2 Å². The Morgan fingerprint density at radius 3 is 2.93 bits per heavy atom. The Balaban J connectivity index is 1.70. The van der Waals surface area contributed by atoms with E-state index in [0.717, 1.165) is 17.8 Å². The molecule has 0 bridgehead atoms. The number of alkyl halides is 1. The first kappa shape index (κ1) is 20.5. The number of hydrogen-bond donors (Lipinski definition) is 2. The smallest absolute Gasteiger partial charge is 0.275 e. The quantitative estimate of drug-likeness (QED) is 0.744. The van der Waals surface area contributed by atoms with Crippen molar-refractivity contribution in [1.82, 2.24) is 4.98 Å². The minimum absolute atomic E-state index is 0.0128. The highest BCUT2D eigenvalue weighted by molar-refractivity contribution is 8.13. The summed E-state index contributed by atoms with van der Waals surface area (Å²) in [6, 6.07) is 6.92. The highest BCUT2D eigenvalue weighted by atomic mass is 35.5. The molecule has 1 aromatic carbocycles. The van der Waals surface area contributed by atoms with Crippen molar-refractivity contribution >= 4 is 40.1 Å². The number of halogens is 3. The number of carbonyl (C=O) groups is 1. The summed E-state index contributed by atoms with van der Waals surface area (Å²) in [5, 5.41) is 11.6. The van der Waals surface area contributed by atoms with Crippen LogP contribution in [-0.4, -0.2) is 40.7 Å². The van der Waals surface area contributed by atoms with Gasteiger partial charge in [-0.2, -0.15) is 5.26 Å². The van der Waals surface area contributed by atoms with Crippen LogP contribution >= 0.6 is 23.4 Å². The van der Waals surface area contributed by atoms with E-state index in [4.69, 9.17) is 27.3 Å². The Morgan fingerprint density at radius 2 is 2.20 bits per heavy atom. The van der Waals surface area contributed by atoms with E-state index in [9.17, 15) is 9.18 Å². The van der Waals surface area contributed by atoms with Gasteiger partial charge in [0.05, 0.1) is 23.8 Å². The van der Waals surface area contributed by atoms with E-state index in [-0.39, 0.29) is 51.7 Å². The molecule has 4 rings (SSSR count). The SMILES string of the molecule is N#Cc1cnc(C(=O)Nc2ccc(F)c([C@]34COC[C@@]3(F)CSC(N)=N4)c2)c(Cl)c1. The zero-order valence-corrected chi connectivity index (χ0v) is 16.9. The van der Waals surface area contributed by atoms with E-state index in [1.54, 1.807) is 0 Å². The van der Waals surface area contributed by atoms with Crippen LogP contribution in [0.25, 0.3) is 0 Å². The molecule has 30 heavy (non-hydrogen) atoms. The number of aliphatic imine (C=N–C) groups is 1. The summed E-state index contributed by atoms with van der Waals surface area (Å²) in [4.78, 5) is 20.7. The van der Waals surface area contributed by atoms with E-state index in [1.165, 1.54) is 24.4 Å². The fourth-order valence-electron chi connectivity index (χ4n) is 3.47. The normalized spacial score (nSPS) is 25.2. The molecule has 1 aromatic heterocycles. The van der Waals surface area contributed by atoms with Crippen LogP contribution in [0.2, 0.25) is 5.02 Å². The fraction of sp³-hybridized carbons (Fsp3) is 0.263. The summed E-state index contributed by atoms with van der Waals surface area (Å²) in [5.74, 6) is -1.39. The largest absolute Gasteiger partial charge is 0.379 e.